The maximum atomic E-state index is 11.1. The van der Waals surface area contributed by atoms with Gasteiger partial charge in [0.05, 0.1) is 5.41 Å². The summed E-state index contributed by atoms with van der Waals surface area (Å²) < 4.78 is 5.72. The molecule has 3 nitrogen and oxygen atoms in total. The highest BCUT2D eigenvalue weighted by molar-refractivity contribution is 5.82. The lowest BCUT2D eigenvalue weighted by atomic mass is 9.87. The molecule has 0 amide bonds. The molecule has 0 aliphatic heterocycles. The van der Waals surface area contributed by atoms with Gasteiger partial charge >= 0.3 is 5.97 Å². The van der Waals surface area contributed by atoms with Crippen LogP contribution in [0, 0.1) is 12.3 Å². The van der Waals surface area contributed by atoms with E-state index in [4.69, 9.17) is 9.52 Å². The number of hydrogen-bond donors (Lipinski definition) is 1. The molecule has 0 fully saturated rings. The number of rotatable bonds is 3. The van der Waals surface area contributed by atoms with Crippen molar-refractivity contribution in [2.24, 2.45) is 5.41 Å². The summed E-state index contributed by atoms with van der Waals surface area (Å²) in [7, 11) is 0. The molecule has 17 heavy (non-hydrogen) atoms. The summed E-state index contributed by atoms with van der Waals surface area (Å²) in [5, 5.41) is 10.2. The second-order valence-electron chi connectivity index (χ2n) is 5.01. The standard InChI is InChI=1S/C14H16O3/c1-9-10-6-4-5-7-11(10)17-12(9)8-14(2,3)13(15)16/h4-7H,8H2,1-3H3,(H,15,16). The maximum absolute atomic E-state index is 11.1. The van der Waals surface area contributed by atoms with Gasteiger partial charge in [-0.15, -0.1) is 0 Å². The monoisotopic (exact) mass is 232 g/mol. The molecule has 2 aromatic rings. The molecule has 1 N–H and O–H groups in total. The van der Waals surface area contributed by atoms with Crippen LogP contribution in [0.3, 0.4) is 0 Å². The van der Waals surface area contributed by atoms with Gasteiger partial charge in [0.1, 0.15) is 11.3 Å². The summed E-state index contributed by atoms with van der Waals surface area (Å²) in [6.07, 6.45) is 0.406. The van der Waals surface area contributed by atoms with Crippen LogP contribution in [0.25, 0.3) is 11.0 Å². The number of aryl methyl sites for hydroxylation is 1. The third kappa shape index (κ3) is 2.05. The van der Waals surface area contributed by atoms with Crippen LogP contribution in [-0.4, -0.2) is 11.1 Å². The number of carboxylic acid groups (broad SMARTS) is 1. The van der Waals surface area contributed by atoms with Crippen molar-refractivity contribution in [3.05, 3.63) is 35.6 Å². The van der Waals surface area contributed by atoms with Crippen LogP contribution < -0.4 is 0 Å². The quantitative estimate of drug-likeness (QED) is 0.882. The highest BCUT2D eigenvalue weighted by atomic mass is 16.4. The first-order valence-electron chi connectivity index (χ1n) is 5.62. The molecule has 1 heterocycles. The molecule has 0 spiro atoms. The van der Waals surface area contributed by atoms with Crippen molar-refractivity contribution >= 4 is 16.9 Å². The van der Waals surface area contributed by atoms with E-state index in [1.54, 1.807) is 13.8 Å². The fourth-order valence-corrected chi connectivity index (χ4v) is 1.87. The molecule has 90 valence electrons. The van der Waals surface area contributed by atoms with E-state index in [9.17, 15) is 4.79 Å². The second kappa shape index (κ2) is 3.91. The van der Waals surface area contributed by atoms with Crippen molar-refractivity contribution in [2.75, 3.05) is 0 Å². The van der Waals surface area contributed by atoms with Gasteiger partial charge in [-0.1, -0.05) is 18.2 Å². The molecule has 0 saturated heterocycles. The molecular formula is C14H16O3. The molecule has 1 aromatic carbocycles. The predicted molar refractivity (Wildman–Crippen MR) is 66.1 cm³/mol. The van der Waals surface area contributed by atoms with E-state index in [2.05, 4.69) is 0 Å². The van der Waals surface area contributed by atoms with Gasteiger partial charge in [0, 0.05) is 11.8 Å². The zero-order valence-electron chi connectivity index (χ0n) is 10.3. The number of aliphatic carboxylic acids is 1. The van der Waals surface area contributed by atoms with Crippen LogP contribution >= 0.6 is 0 Å². The molecule has 3 heteroatoms. The van der Waals surface area contributed by atoms with Crippen molar-refractivity contribution < 1.29 is 14.3 Å². The summed E-state index contributed by atoms with van der Waals surface area (Å²) in [5.41, 5.74) is 1.05. The zero-order chi connectivity index (χ0) is 12.6. The highest BCUT2D eigenvalue weighted by Gasteiger charge is 2.30. The van der Waals surface area contributed by atoms with E-state index in [0.29, 0.717) is 6.42 Å². The molecule has 0 radical (unpaired) electrons. The Morgan fingerprint density at radius 1 is 1.35 bits per heavy atom. The van der Waals surface area contributed by atoms with Gasteiger partial charge < -0.3 is 9.52 Å². The first-order valence-corrected chi connectivity index (χ1v) is 5.62. The van der Waals surface area contributed by atoms with Crippen molar-refractivity contribution in [3.8, 4) is 0 Å². The van der Waals surface area contributed by atoms with E-state index in [1.807, 2.05) is 31.2 Å². The molecular weight excluding hydrogens is 216 g/mol. The molecule has 0 aliphatic carbocycles. The van der Waals surface area contributed by atoms with Crippen molar-refractivity contribution in [1.82, 2.24) is 0 Å². The normalized spacial score (nSPS) is 11.9. The first kappa shape index (κ1) is 11.7. The van der Waals surface area contributed by atoms with Crippen molar-refractivity contribution in [3.63, 3.8) is 0 Å². The minimum Gasteiger partial charge on any atom is -0.481 e. The molecule has 0 aliphatic rings. The Bertz CT molecular complexity index is 564. The Morgan fingerprint density at radius 2 is 2.00 bits per heavy atom. The van der Waals surface area contributed by atoms with Crippen molar-refractivity contribution in [2.45, 2.75) is 27.2 Å². The smallest absolute Gasteiger partial charge is 0.309 e. The number of furan rings is 1. The Hall–Kier alpha value is -1.77. The summed E-state index contributed by atoms with van der Waals surface area (Å²) >= 11 is 0. The molecule has 0 unspecified atom stereocenters. The zero-order valence-corrected chi connectivity index (χ0v) is 10.3. The number of carboxylic acids is 1. The Morgan fingerprint density at radius 3 is 2.59 bits per heavy atom. The average Bonchev–Trinajstić information content (AvgIpc) is 2.56. The van der Waals surface area contributed by atoms with E-state index in [0.717, 1.165) is 22.3 Å². The van der Waals surface area contributed by atoms with Gasteiger partial charge in [-0.25, -0.2) is 0 Å². The van der Waals surface area contributed by atoms with Crippen LogP contribution in [-0.2, 0) is 11.2 Å². The van der Waals surface area contributed by atoms with Crippen LogP contribution in [0.2, 0.25) is 0 Å². The van der Waals surface area contributed by atoms with Gasteiger partial charge in [-0.3, -0.25) is 4.79 Å². The summed E-state index contributed by atoms with van der Waals surface area (Å²) in [5.74, 6) is -0.0454. The lowest BCUT2D eigenvalue weighted by Gasteiger charge is -2.17. The minimum absolute atomic E-state index is 0.406. The van der Waals surface area contributed by atoms with Gasteiger partial charge in [0.25, 0.3) is 0 Å². The predicted octanol–water partition coefficient (Wildman–Crippen LogP) is 3.39. The minimum atomic E-state index is -0.808. The fraction of sp³-hybridized carbons (Fsp3) is 0.357. The van der Waals surface area contributed by atoms with Crippen LogP contribution in [0.15, 0.2) is 28.7 Å². The third-order valence-corrected chi connectivity index (χ3v) is 3.12. The number of carbonyl (C=O) groups is 1. The number of para-hydroxylation sites is 1. The molecule has 0 saturated carbocycles. The van der Waals surface area contributed by atoms with E-state index < -0.39 is 11.4 Å². The Labute approximate surface area is 100 Å². The number of benzene rings is 1. The molecule has 0 atom stereocenters. The lowest BCUT2D eigenvalue weighted by Crippen LogP contribution is -2.26. The van der Waals surface area contributed by atoms with E-state index >= 15 is 0 Å². The average molecular weight is 232 g/mol. The SMILES string of the molecule is Cc1c(CC(C)(C)C(=O)O)oc2ccccc12. The highest BCUT2D eigenvalue weighted by Crippen LogP contribution is 2.30. The summed E-state index contributed by atoms with van der Waals surface area (Å²) in [6, 6.07) is 7.76. The second-order valence-corrected chi connectivity index (χ2v) is 5.01. The van der Waals surface area contributed by atoms with Gasteiger partial charge in [-0.2, -0.15) is 0 Å². The number of fused-ring (bicyclic) bond motifs is 1. The molecule has 2 rings (SSSR count). The maximum Gasteiger partial charge on any atom is 0.309 e. The van der Waals surface area contributed by atoms with Crippen LogP contribution in [0.1, 0.15) is 25.2 Å². The van der Waals surface area contributed by atoms with Gasteiger partial charge in [-0.05, 0) is 32.4 Å². The Balaban J connectivity index is 2.43. The van der Waals surface area contributed by atoms with Crippen LogP contribution in [0.5, 0.6) is 0 Å². The summed E-state index contributed by atoms with van der Waals surface area (Å²) in [6.45, 7) is 5.39. The van der Waals surface area contributed by atoms with Gasteiger partial charge in [0.15, 0.2) is 0 Å². The summed E-state index contributed by atoms with van der Waals surface area (Å²) in [4.78, 5) is 11.1. The fourth-order valence-electron chi connectivity index (χ4n) is 1.87. The van der Waals surface area contributed by atoms with E-state index in [1.165, 1.54) is 0 Å². The van der Waals surface area contributed by atoms with Gasteiger partial charge in [0.2, 0.25) is 0 Å². The van der Waals surface area contributed by atoms with E-state index in [-0.39, 0.29) is 0 Å². The topological polar surface area (TPSA) is 50.4 Å². The first-order chi connectivity index (χ1) is 7.92. The Kier molecular flexibility index (Phi) is 2.69. The van der Waals surface area contributed by atoms with Crippen molar-refractivity contribution in [1.29, 1.82) is 0 Å². The molecule has 0 bridgehead atoms. The molecule has 1 aromatic heterocycles. The van der Waals surface area contributed by atoms with Crippen LogP contribution in [0.4, 0.5) is 0 Å². The third-order valence-electron chi connectivity index (χ3n) is 3.12. The largest absolute Gasteiger partial charge is 0.481 e. The lowest BCUT2D eigenvalue weighted by molar-refractivity contribution is -0.147. The number of hydrogen-bond acceptors (Lipinski definition) is 2.